The van der Waals surface area contributed by atoms with Gasteiger partial charge in [-0.05, 0) is 73.7 Å². The van der Waals surface area contributed by atoms with Crippen molar-refractivity contribution in [2.45, 2.75) is 13.0 Å². The summed E-state index contributed by atoms with van der Waals surface area (Å²) in [6, 6.07) is 24.9. The summed E-state index contributed by atoms with van der Waals surface area (Å²) in [5.74, 6) is 1.26. The number of hydrogen-bond acceptors (Lipinski definition) is 9. The molecule has 0 aliphatic heterocycles. The minimum Gasteiger partial charge on any atom is -0.497 e. The number of rotatable bonds is 10. The molecule has 1 heterocycles. The second kappa shape index (κ2) is 13.1. The van der Waals surface area contributed by atoms with E-state index in [4.69, 9.17) is 33.7 Å². The van der Waals surface area contributed by atoms with Crippen LogP contribution in [0.1, 0.15) is 17.3 Å². The Morgan fingerprint density at radius 3 is 1.61 bits per heavy atom. The van der Waals surface area contributed by atoms with Crippen molar-refractivity contribution in [2.75, 3.05) is 33.8 Å². The number of hydrogen-bond donors (Lipinski definition) is 1. The molecule has 1 atom stereocenters. The zero-order valence-corrected chi connectivity index (χ0v) is 24.9. The highest BCUT2D eigenvalue weighted by Gasteiger charge is 2.21. The molecular weight excluding hydrogens is 562 g/mol. The van der Waals surface area contributed by atoms with Gasteiger partial charge in [0.25, 0.3) is 5.91 Å². The van der Waals surface area contributed by atoms with Crippen molar-refractivity contribution in [1.29, 1.82) is 0 Å². The van der Waals surface area contributed by atoms with E-state index in [0.717, 1.165) is 16.9 Å². The fourth-order valence-corrected chi connectivity index (χ4v) is 4.49. The molecule has 5 aromatic rings. The Labute approximate surface area is 254 Å². The molecule has 0 bridgehead atoms. The van der Waals surface area contributed by atoms with Gasteiger partial charge in [-0.15, -0.1) is 0 Å². The molecule has 1 amide bonds. The lowest BCUT2D eigenvalue weighted by atomic mass is 10.0. The average molecular weight is 594 g/mol. The van der Waals surface area contributed by atoms with Gasteiger partial charge in [-0.3, -0.25) is 4.79 Å². The highest BCUT2D eigenvalue weighted by Crippen LogP contribution is 2.33. The van der Waals surface area contributed by atoms with Gasteiger partial charge in [0.05, 0.1) is 56.4 Å². The molecule has 1 N–H and O–H groups in total. The zero-order valence-electron chi connectivity index (χ0n) is 24.9. The van der Waals surface area contributed by atoms with Crippen molar-refractivity contribution in [3.05, 3.63) is 90.5 Å². The van der Waals surface area contributed by atoms with Crippen molar-refractivity contribution in [3.63, 3.8) is 0 Å². The summed E-state index contributed by atoms with van der Waals surface area (Å²) < 4.78 is 26.6. The topological polar surface area (TPSA) is 118 Å². The van der Waals surface area contributed by atoms with Crippen LogP contribution in [0.2, 0.25) is 0 Å². The fourth-order valence-electron chi connectivity index (χ4n) is 4.49. The minimum absolute atomic E-state index is 0.229. The van der Waals surface area contributed by atoms with E-state index >= 15 is 0 Å². The van der Waals surface area contributed by atoms with Crippen molar-refractivity contribution in [3.8, 4) is 45.5 Å². The summed E-state index contributed by atoms with van der Waals surface area (Å²) in [4.78, 5) is 35.8. The number of nitrogens with zero attached hydrogens (tertiary/aromatic N) is 2. The molecule has 0 radical (unpaired) electrons. The molecular formula is C34H31N3O7. The molecule has 0 spiro atoms. The van der Waals surface area contributed by atoms with E-state index in [2.05, 4.69) is 5.32 Å². The van der Waals surface area contributed by atoms with Crippen LogP contribution < -0.4 is 24.3 Å². The van der Waals surface area contributed by atoms with Gasteiger partial charge in [-0.1, -0.05) is 0 Å². The van der Waals surface area contributed by atoms with Gasteiger partial charge in [0.2, 0.25) is 0 Å². The van der Waals surface area contributed by atoms with Gasteiger partial charge < -0.3 is 29.0 Å². The number of aromatic nitrogens is 2. The molecule has 1 unspecified atom stereocenters. The maximum Gasteiger partial charge on any atom is 0.338 e. The van der Waals surface area contributed by atoms with E-state index in [0.29, 0.717) is 45.4 Å². The number of carbonyl (C=O) groups is 2. The Kier molecular flexibility index (Phi) is 8.90. The van der Waals surface area contributed by atoms with Crippen molar-refractivity contribution in [2.24, 2.45) is 0 Å². The third-order valence-corrected chi connectivity index (χ3v) is 6.90. The maximum absolute atomic E-state index is 13.1. The monoisotopic (exact) mass is 593 g/mol. The zero-order chi connectivity index (χ0) is 31.2. The fraction of sp³-hybridized carbons (Fsp3) is 0.176. The number of carbonyl (C=O) groups excluding carboxylic acids is 2. The number of methoxy groups -OCH3 is 4. The first-order valence-electron chi connectivity index (χ1n) is 13.7. The first kappa shape index (κ1) is 29.8. The Morgan fingerprint density at radius 1 is 0.614 bits per heavy atom. The number of anilines is 1. The Bertz CT molecular complexity index is 1780. The number of esters is 1. The summed E-state index contributed by atoms with van der Waals surface area (Å²) in [5, 5.41) is 2.73. The minimum atomic E-state index is -1.09. The lowest BCUT2D eigenvalue weighted by Gasteiger charge is -2.15. The molecule has 0 saturated heterocycles. The standard InChI is InChI=1S/C34H31N3O7/c1-20(33(38)35-24-17-27(42-4)19-28(18-24)43-5)44-34(39)23-10-15-29-30(16-23)37-32(22-8-13-26(41-3)14-9-22)31(36-29)21-6-11-25(40-2)12-7-21/h6-20H,1-5H3,(H,35,38). The van der Waals surface area contributed by atoms with Crippen LogP contribution >= 0.6 is 0 Å². The van der Waals surface area contributed by atoms with Crippen molar-refractivity contribution < 1.29 is 33.3 Å². The van der Waals surface area contributed by atoms with Crippen molar-refractivity contribution >= 4 is 28.6 Å². The van der Waals surface area contributed by atoms with E-state index < -0.39 is 18.0 Å². The number of nitrogens with one attached hydrogen (secondary N) is 1. The van der Waals surface area contributed by atoms with Gasteiger partial charge in [0, 0.05) is 35.0 Å². The summed E-state index contributed by atoms with van der Waals surface area (Å²) in [7, 11) is 6.24. The number of ether oxygens (including phenoxy) is 5. The molecule has 224 valence electrons. The SMILES string of the molecule is COc1ccc(-c2nc3ccc(C(=O)OC(C)C(=O)Nc4cc(OC)cc(OC)c4)cc3nc2-c2ccc(OC)cc2)cc1. The van der Waals surface area contributed by atoms with Crippen molar-refractivity contribution in [1.82, 2.24) is 9.97 Å². The van der Waals surface area contributed by atoms with Crippen LogP contribution in [0, 0.1) is 0 Å². The normalized spacial score (nSPS) is 11.4. The summed E-state index contributed by atoms with van der Waals surface area (Å²) >= 11 is 0. The highest BCUT2D eigenvalue weighted by atomic mass is 16.5. The molecule has 1 aromatic heterocycles. The maximum atomic E-state index is 13.1. The first-order chi connectivity index (χ1) is 21.3. The molecule has 4 aromatic carbocycles. The predicted octanol–water partition coefficient (Wildman–Crippen LogP) is 6.18. The molecule has 0 aliphatic carbocycles. The van der Waals surface area contributed by atoms with E-state index in [1.54, 1.807) is 50.6 Å². The third-order valence-electron chi connectivity index (χ3n) is 6.90. The first-order valence-corrected chi connectivity index (χ1v) is 13.7. The molecule has 5 rings (SSSR count). The molecule has 0 aliphatic rings. The van der Waals surface area contributed by atoms with Crippen LogP contribution in [0.4, 0.5) is 5.69 Å². The lowest BCUT2D eigenvalue weighted by molar-refractivity contribution is -0.123. The van der Waals surface area contributed by atoms with Crippen LogP contribution in [0.15, 0.2) is 84.9 Å². The van der Waals surface area contributed by atoms with E-state index in [-0.39, 0.29) is 5.56 Å². The highest BCUT2D eigenvalue weighted by molar-refractivity contribution is 5.99. The average Bonchev–Trinajstić information content (AvgIpc) is 3.07. The van der Waals surface area contributed by atoms with Crippen LogP contribution in [-0.4, -0.2) is 56.4 Å². The Balaban J connectivity index is 1.42. The van der Waals surface area contributed by atoms with Crippen LogP contribution in [-0.2, 0) is 9.53 Å². The second-order valence-corrected chi connectivity index (χ2v) is 9.72. The molecule has 10 heteroatoms. The second-order valence-electron chi connectivity index (χ2n) is 9.72. The summed E-state index contributed by atoms with van der Waals surface area (Å²) in [6.45, 7) is 1.49. The van der Waals surface area contributed by atoms with Gasteiger partial charge in [0.1, 0.15) is 23.0 Å². The summed E-state index contributed by atoms with van der Waals surface area (Å²) in [6.07, 6.45) is -1.09. The van der Waals surface area contributed by atoms with Gasteiger partial charge in [-0.25, -0.2) is 14.8 Å². The van der Waals surface area contributed by atoms with E-state index in [9.17, 15) is 9.59 Å². The van der Waals surface area contributed by atoms with Crippen LogP contribution in [0.3, 0.4) is 0 Å². The van der Waals surface area contributed by atoms with Gasteiger partial charge >= 0.3 is 5.97 Å². The van der Waals surface area contributed by atoms with E-state index in [1.165, 1.54) is 21.1 Å². The molecule has 44 heavy (non-hydrogen) atoms. The van der Waals surface area contributed by atoms with E-state index in [1.807, 2.05) is 48.5 Å². The Hall–Kier alpha value is -5.64. The quantitative estimate of drug-likeness (QED) is 0.189. The number of amides is 1. The largest absolute Gasteiger partial charge is 0.497 e. The number of fused-ring (bicyclic) bond motifs is 1. The third kappa shape index (κ3) is 6.54. The smallest absolute Gasteiger partial charge is 0.338 e. The molecule has 10 nitrogen and oxygen atoms in total. The number of benzene rings is 4. The summed E-state index contributed by atoms with van der Waals surface area (Å²) in [5.41, 5.74) is 4.70. The van der Waals surface area contributed by atoms with Gasteiger partial charge in [0.15, 0.2) is 6.10 Å². The Morgan fingerprint density at radius 2 is 1.11 bits per heavy atom. The molecule has 0 saturated carbocycles. The van der Waals surface area contributed by atoms with Crippen LogP contribution in [0.5, 0.6) is 23.0 Å². The van der Waals surface area contributed by atoms with Crippen LogP contribution in [0.25, 0.3) is 33.5 Å². The van der Waals surface area contributed by atoms with Gasteiger partial charge in [-0.2, -0.15) is 0 Å². The molecule has 0 fully saturated rings. The lowest BCUT2D eigenvalue weighted by Crippen LogP contribution is -2.30. The predicted molar refractivity (Wildman–Crippen MR) is 167 cm³/mol.